The van der Waals surface area contributed by atoms with Crippen molar-refractivity contribution in [2.45, 2.75) is 23.8 Å². The minimum absolute atomic E-state index is 0.192. The van der Waals surface area contributed by atoms with Crippen molar-refractivity contribution in [2.75, 3.05) is 6.54 Å². The van der Waals surface area contributed by atoms with Crippen LogP contribution in [-0.4, -0.2) is 29.5 Å². The fraction of sp³-hybridized carbons (Fsp3) is 0.250. The van der Waals surface area contributed by atoms with Crippen LogP contribution in [0.3, 0.4) is 0 Å². The normalized spacial score (nSPS) is 18.5. The van der Waals surface area contributed by atoms with E-state index in [9.17, 15) is 17.2 Å². The van der Waals surface area contributed by atoms with Gasteiger partial charge in [-0.05, 0) is 42.5 Å². The Morgan fingerprint density at radius 3 is 2.77 bits per heavy atom. The summed E-state index contributed by atoms with van der Waals surface area (Å²) in [7, 11) is -4.02. The fourth-order valence-electron chi connectivity index (χ4n) is 2.92. The molecule has 3 aromatic rings. The summed E-state index contributed by atoms with van der Waals surface area (Å²) in [4.78, 5) is 0.484. The van der Waals surface area contributed by atoms with E-state index in [1.807, 2.05) is 17.5 Å². The maximum absolute atomic E-state index is 13.5. The Morgan fingerprint density at radius 2 is 2.04 bits per heavy atom. The largest absolute Gasteiger partial charge is 0.418 e. The van der Waals surface area contributed by atoms with Crippen LogP contribution in [0.4, 0.5) is 8.78 Å². The van der Waals surface area contributed by atoms with Gasteiger partial charge in [0.1, 0.15) is 6.04 Å². The number of aromatic nitrogens is 2. The molecule has 1 aliphatic heterocycles. The lowest BCUT2D eigenvalue weighted by Crippen LogP contribution is -2.31. The number of nitrogens with zero attached hydrogens (tertiary/aromatic N) is 3. The molecule has 10 heteroatoms. The molecule has 1 fully saturated rings. The Bertz CT molecular complexity index is 1030. The lowest BCUT2D eigenvalue weighted by molar-refractivity contribution is 0.332. The van der Waals surface area contributed by atoms with Gasteiger partial charge in [-0.3, -0.25) is 0 Å². The molecule has 26 heavy (non-hydrogen) atoms. The van der Waals surface area contributed by atoms with Crippen LogP contribution in [0.2, 0.25) is 0 Å². The van der Waals surface area contributed by atoms with Crippen LogP contribution in [0.5, 0.6) is 0 Å². The Kier molecular flexibility index (Phi) is 4.33. The van der Waals surface area contributed by atoms with Crippen LogP contribution in [0.1, 0.15) is 24.8 Å². The highest BCUT2D eigenvalue weighted by molar-refractivity contribution is 7.89. The first-order valence-electron chi connectivity index (χ1n) is 7.81. The molecule has 4 rings (SSSR count). The van der Waals surface area contributed by atoms with Gasteiger partial charge in [0.15, 0.2) is 11.6 Å². The van der Waals surface area contributed by atoms with Crippen LogP contribution in [-0.2, 0) is 10.0 Å². The minimum atomic E-state index is -4.02. The van der Waals surface area contributed by atoms with Gasteiger partial charge in [0, 0.05) is 6.54 Å². The molecule has 0 bridgehead atoms. The van der Waals surface area contributed by atoms with Crippen molar-refractivity contribution in [1.82, 2.24) is 14.5 Å². The van der Waals surface area contributed by atoms with Crippen molar-refractivity contribution in [3.8, 4) is 10.8 Å². The summed E-state index contributed by atoms with van der Waals surface area (Å²) in [5.41, 5.74) is 0. The van der Waals surface area contributed by atoms with Crippen molar-refractivity contribution in [2.24, 2.45) is 0 Å². The van der Waals surface area contributed by atoms with Crippen LogP contribution >= 0.6 is 11.3 Å². The Hall–Kier alpha value is -2.17. The lowest BCUT2D eigenvalue weighted by Gasteiger charge is -2.21. The third-order valence-electron chi connectivity index (χ3n) is 4.16. The monoisotopic (exact) mass is 397 g/mol. The van der Waals surface area contributed by atoms with Crippen molar-refractivity contribution in [1.29, 1.82) is 0 Å². The second-order valence-electron chi connectivity index (χ2n) is 5.77. The second-order valence-corrected chi connectivity index (χ2v) is 8.61. The molecule has 6 nitrogen and oxygen atoms in total. The van der Waals surface area contributed by atoms with Crippen molar-refractivity contribution < 1.29 is 21.6 Å². The Labute approximate surface area is 152 Å². The molecule has 1 saturated heterocycles. The van der Waals surface area contributed by atoms with Crippen molar-refractivity contribution in [3.05, 3.63) is 53.2 Å². The predicted octanol–water partition coefficient (Wildman–Crippen LogP) is 3.60. The molecular weight excluding hydrogens is 384 g/mol. The smallest absolute Gasteiger partial charge is 0.257 e. The Morgan fingerprint density at radius 1 is 1.19 bits per heavy atom. The topological polar surface area (TPSA) is 76.3 Å². The second kappa shape index (κ2) is 6.53. The fourth-order valence-corrected chi connectivity index (χ4v) is 5.22. The van der Waals surface area contributed by atoms with E-state index in [1.165, 1.54) is 15.6 Å². The SMILES string of the molecule is O=S(=O)(c1ccc(F)c(F)c1)N1CCC[C@@H]1c1nnc(-c2cccs2)o1. The van der Waals surface area contributed by atoms with Gasteiger partial charge < -0.3 is 4.42 Å². The van der Waals surface area contributed by atoms with Gasteiger partial charge in [-0.25, -0.2) is 17.2 Å². The highest BCUT2D eigenvalue weighted by atomic mass is 32.2. The van der Waals surface area contributed by atoms with Crippen LogP contribution in [0.25, 0.3) is 10.8 Å². The lowest BCUT2D eigenvalue weighted by atomic mass is 10.2. The zero-order valence-corrected chi connectivity index (χ0v) is 14.9. The molecule has 3 heterocycles. The van der Waals surface area contributed by atoms with E-state index in [0.717, 1.165) is 17.0 Å². The average molecular weight is 397 g/mol. The first-order chi connectivity index (χ1) is 12.5. The molecule has 0 spiro atoms. The summed E-state index contributed by atoms with van der Waals surface area (Å²) in [5.74, 6) is -1.79. The van der Waals surface area contributed by atoms with Gasteiger partial charge >= 0.3 is 0 Å². The highest BCUT2D eigenvalue weighted by Crippen LogP contribution is 2.37. The molecule has 136 valence electrons. The van der Waals surface area contributed by atoms with Gasteiger partial charge in [0.05, 0.1) is 9.77 Å². The summed E-state index contributed by atoms with van der Waals surface area (Å²) in [6.45, 7) is 0.239. The molecule has 0 aliphatic carbocycles. The van der Waals surface area contributed by atoms with Gasteiger partial charge in [0.2, 0.25) is 15.9 Å². The highest BCUT2D eigenvalue weighted by Gasteiger charge is 2.39. The molecule has 0 radical (unpaired) electrons. The first kappa shape index (κ1) is 17.3. The summed E-state index contributed by atoms with van der Waals surface area (Å²) >= 11 is 1.43. The summed E-state index contributed by atoms with van der Waals surface area (Å²) < 4.78 is 59.2. The maximum Gasteiger partial charge on any atom is 0.257 e. The third kappa shape index (κ3) is 2.93. The van der Waals surface area contributed by atoms with Crippen LogP contribution < -0.4 is 0 Å². The van der Waals surface area contributed by atoms with E-state index >= 15 is 0 Å². The molecule has 0 amide bonds. The summed E-state index contributed by atoms with van der Waals surface area (Å²) in [6, 6.07) is 5.58. The molecule has 0 N–H and O–H groups in total. The third-order valence-corrected chi connectivity index (χ3v) is 6.92. The number of hydrogen-bond acceptors (Lipinski definition) is 6. The van der Waals surface area contributed by atoms with Crippen molar-refractivity contribution >= 4 is 21.4 Å². The van der Waals surface area contributed by atoms with Crippen LogP contribution in [0, 0.1) is 11.6 Å². The molecule has 1 atom stereocenters. The molecule has 0 saturated carbocycles. The van der Waals surface area contributed by atoms with E-state index < -0.39 is 27.7 Å². The number of sulfonamides is 1. The standard InChI is InChI=1S/C16H13F2N3O3S2/c17-11-6-5-10(9-12(11)18)26(22,23)21-7-1-3-13(21)15-19-20-16(24-15)14-4-2-8-25-14/h2,4-6,8-9,13H,1,3,7H2/t13-/m1/s1. The number of halogens is 2. The van der Waals surface area contributed by atoms with E-state index in [4.69, 9.17) is 4.42 Å². The van der Waals surface area contributed by atoms with Crippen molar-refractivity contribution in [3.63, 3.8) is 0 Å². The Balaban J connectivity index is 1.67. The van der Waals surface area contributed by atoms with E-state index in [1.54, 1.807) is 0 Å². The minimum Gasteiger partial charge on any atom is -0.418 e. The zero-order chi connectivity index (χ0) is 18.3. The zero-order valence-electron chi connectivity index (χ0n) is 13.3. The number of benzene rings is 1. The quantitative estimate of drug-likeness (QED) is 0.672. The van der Waals surface area contributed by atoms with Crippen LogP contribution in [0.15, 0.2) is 45.0 Å². The molecule has 2 aromatic heterocycles. The summed E-state index contributed by atoms with van der Waals surface area (Å²) in [5, 5.41) is 9.84. The van der Waals surface area contributed by atoms with Gasteiger partial charge in [-0.15, -0.1) is 21.5 Å². The number of thiophene rings is 1. The van der Waals surface area contributed by atoms with Gasteiger partial charge in [-0.1, -0.05) is 6.07 Å². The van der Waals surface area contributed by atoms with E-state index in [0.29, 0.717) is 24.8 Å². The molecular formula is C16H13F2N3O3S2. The summed E-state index contributed by atoms with van der Waals surface area (Å²) in [6.07, 6.45) is 1.11. The van der Waals surface area contributed by atoms with Gasteiger partial charge in [0.25, 0.3) is 5.89 Å². The van der Waals surface area contributed by atoms with E-state index in [-0.39, 0.29) is 17.3 Å². The first-order valence-corrected chi connectivity index (χ1v) is 10.1. The maximum atomic E-state index is 13.5. The number of hydrogen-bond donors (Lipinski definition) is 0. The molecule has 0 unspecified atom stereocenters. The van der Waals surface area contributed by atoms with Gasteiger partial charge in [-0.2, -0.15) is 4.31 Å². The predicted molar refractivity (Wildman–Crippen MR) is 89.8 cm³/mol. The number of rotatable bonds is 4. The molecule has 1 aliphatic rings. The molecule has 1 aromatic carbocycles. The van der Waals surface area contributed by atoms with E-state index in [2.05, 4.69) is 10.2 Å². The average Bonchev–Trinajstić information content (AvgIpc) is 3.36.